The van der Waals surface area contributed by atoms with E-state index in [1.807, 2.05) is 0 Å². The molecule has 3 N–H and O–H groups in total. The fourth-order valence-corrected chi connectivity index (χ4v) is 10.6. The number of carbonyl (C=O) groups excluding carboxylic acids is 4. The van der Waals surface area contributed by atoms with Gasteiger partial charge in [0.25, 0.3) is 0 Å². The molecule has 80 heavy (non-hydrogen) atoms. The van der Waals surface area contributed by atoms with E-state index in [0.717, 1.165) is 102 Å². The molecule has 0 rings (SSSR count). The van der Waals surface area contributed by atoms with Crippen LogP contribution in [0.3, 0.4) is 0 Å². The number of phosphoric acid groups is 2. The maximum absolute atomic E-state index is 12.9. The van der Waals surface area contributed by atoms with Gasteiger partial charge >= 0.3 is 39.5 Å². The van der Waals surface area contributed by atoms with Crippen molar-refractivity contribution < 1.29 is 80.2 Å². The number of aliphatic hydroxyl groups excluding tert-OH is 1. The van der Waals surface area contributed by atoms with Crippen molar-refractivity contribution in [1.82, 2.24) is 0 Å². The number of hydrogen-bond acceptors (Lipinski definition) is 15. The molecule has 0 aliphatic rings. The van der Waals surface area contributed by atoms with E-state index in [4.69, 9.17) is 37.0 Å². The lowest BCUT2D eigenvalue weighted by molar-refractivity contribution is -0.161. The van der Waals surface area contributed by atoms with Gasteiger partial charge in [-0.2, -0.15) is 0 Å². The van der Waals surface area contributed by atoms with Crippen molar-refractivity contribution in [2.75, 3.05) is 39.6 Å². The lowest BCUT2D eigenvalue weighted by Gasteiger charge is -2.21. The Morgan fingerprint density at radius 3 is 0.850 bits per heavy atom. The van der Waals surface area contributed by atoms with Crippen LogP contribution in [0.2, 0.25) is 0 Å². The Labute approximate surface area is 486 Å². The summed E-state index contributed by atoms with van der Waals surface area (Å²) >= 11 is 0. The van der Waals surface area contributed by atoms with Crippen molar-refractivity contribution in [2.24, 2.45) is 11.8 Å². The van der Waals surface area contributed by atoms with Crippen molar-refractivity contribution in [3.8, 4) is 0 Å². The molecule has 0 spiro atoms. The van der Waals surface area contributed by atoms with Crippen LogP contribution in [0.4, 0.5) is 0 Å². The Morgan fingerprint density at radius 2 is 0.575 bits per heavy atom. The summed E-state index contributed by atoms with van der Waals surface area (Å²) in [5, 5.41) is 10.5. The molecule has 0 saturated heterocycles. The van der Waals surface area contributed by atoms with Gasteiger partial charge in [0.15, 0.2) is 12.2 Å². The van der Waals surface area contributed by atoms with Gasteiger partial charge in [-0.1, -0.05) is 247 Å². The highest BCUT2D eigenvalue weighted by molar-refractivity contribution is 7.47. The third-order valence-electron chi connectivity index (χ3n) is 14.0. The number of ether oxygens (including phenoxy) is 4. The number of phosphoric ester groups is 2. The fraction of sp³-hybridized carbons (Fsp3) is 0.934. The zero-order valence-corrected chi connectivity index (χ0v) is 53.2. The Hall–Kier alpha value is -1.94. The summed E-state index contributed by atoms with van der Waals surface area (Å²) in [6, 6.07) is 0. The average Bonchev–Trinajstić information content (AvgIpc) is 3.41. The van der Waals surface area contributed by atoms with Crippen molar-refractivity contribution in [3.63, 3.8) is 0 Å². The molecule has 19 heteroatoms. The van der Waals surface area contributed by atoms with E-state index in [1.165, 1.54) is 109 Å². The first-order chi connectivity index (χ1) is 38.4. The van der Waals surface area contributed by atoms with Gasteiger partial charge < -0.3 is 33.8 Å². The molecule has 0 heterocycles. The van der Waals surface area contributed by atoms with Crippen molar-refractivity contribution in [2.45, 2.75) is 317 Å². The number of hydrogen-bond donors (Lipinski definition) is 3. The molecule has 0 bridgehead atoms. The summed E-state index contributed by atoms with van der Waals surface area (Å²) in [4.78, 5) is 71.8. The van der Waals surface area contributed by atoms with Gasteiger partial charge in [0, 0.05) is 25.7 Å². The average molecular weight is 1190 g/mol. The zero-order valence-electron chi connectivity index (χ0n) is 51.4. The largest absolute Gasteiger partial charge is 0.472 e. The van der Waals surface area contributed by atoms with Gasteiger partial charge in [0.2, 0.25) is 0 Å². The van der Waals surface area contributed by atoms with Crippen LogP contribution in [-0.4, -0.2) is 96.7 Å². The normalized spacial score (nSPS) is 14.4. The van der Waals surface area contributed by atoms with Gasteiger partial charge in [-0.15, -0.1) is 0 Å². The summed E-state index contributed by atoms with van der Waals surface area (Å²) in [5.41, 5.74) is 0. The molecular weight excluding hydrogens is 1070 g/mol. The predicted octanol–water partition coefficient (Wildman–Crippen LogP) is 16.5. The van der Waals surface area contributed by atoms with Gasteiger partial charge in [-0.05, 0) is 37.5 Å². The van der Waals surface area contributed by atoms with Gasteiger partial charge in [0.05, 0.1) is 26.4 Å². The Kier molecular flexibility index (Phi) is 52.5. The minimum Gasteiger partial charge on any atom is -0.462 e. The molecule has 2 unspecified atom stereocenters. The molecule has 0 saturated carbocycles. The molecule has 5 atom stereocenters. The van der Waals surface area contributed by atoms with Crippen molar-refractivity contribution >= 4 is 39.5 Å². The first kappa shape index (κ1) is 78.1. The van der Waals surface area contributed by atoms with Crippen LogP contribution in [0, 0.1) is 11.8 Å². The topological polar surface area (TPSA) is 237 Å². The first-order valence-electron chi connectivity index (χ1n) is 32.0. The maximum atomic E-state index is 12.9. The van der Waals surface area contributed by atoms with E-state index in [9.17, 15) is 43.2 Å². The van der Waals surface area contributed by atoms with E-state index in [2.05, 4.69) is 41.5 Å². The van der Waals surface area contributed by atoms with E-state index >= 15 is 0 Å². The maximum Gasteiger partial charge on any atom is 0.472 e. The molecule has 0 aliphatic carbocycles. The van der Waals surface area contributed by atoms with Crippen LogP contribution in [0.5, 0.6) is 0 Å². The van der Waals surface area contributed by atoms with Crippen LogP contribution in [-0.2, 0) is 65.4 Å². The summed E-state index contributed by atoms with van der Waals surface area (Å²) in [6.07, 6.45) is 35.3. The minimum atomic E-state index is -4.94. The Balaban J connectivity index is 5.15. The van der Waals surface area contributed by atoms with Crippen molar-refractivity contribution in [1.29, 1.82) is 0 Å². The number of esters is 4. The highest BCUT2D eigenvalue weighted by atomic mass is 31.2. The number of rotatable bonds is 60. The molecule has 0 aliphatic heterocycles. The van der Waals surface area contributed by atoms with E-state index < -0.39 is 97.5 Å². The Morgan fingerprint density at radius 1 is 0.338 bits per heavy atom. The quantitative estimate of drug-likeness (QED) is 0.0222. The third-order valence-corrected chi connectivity index (χ3v) is 15.9. The summed E-state index contributed by atoms with van der Waals surface area (Å²) in [7, 11) is -9.87. The van der Waals surface area contributed by atoms with E-state index in [-0.39, 0.29) is 25.7 Å². The highest BCUT2D eigenvalue weighted by Gasteiger charge is 2.30. The summed E-state index contributed by atoms with van der Waals surface area (Å²) < 4.78 is 67.6. The zero-order chi connectivity index (χ0) is 59.4. The number of unbranched alkanes of at least 4 members (excludes halogenated alkanes) is 30. The second-order valence-corrected chi connectivity index (χ2v) is 25.9. The van der Waals surface area contributed by atoms with Crippen LogP contribution in [0.25, 0.3) is 0 Å². The Bertz CT molecular complexity index is 1580. The summed E-state index contributed by atoms with van der Waals surface area (Å²) in [6.45, 7) is 9.30. The smallest absolute Gasteiger partial charge is 0.462 e. The van der Waals surface area contributed by atoms with Crippen LogP contribution in [0.15, 0.2) is 0 Å². The van der Waals surface area contributed by atoms with Crippen LogP contribution >= 0.6 is 15.6 Å². The first-order valence-corrected chi connectivity index (χ1v) is 35.0. The molecule has 0 aromatic heterocycles. The molecule has 0 fully saturated rings. The molecule has 0 aromatic carbocycles. The molecular formula is C61H118O17P2. The lowest BCUT2D eigenvalue weighted by atomic mass is 10.0. The van der Waals surface area contributed by atoms with Crippen molar-refractivity contribution in [3.05, 3.63) is 0 Å². The molecule has 0 aromatic rings. The second-order valence-electron chi connectivity index (χ2n) is 23.0. The van der Waals surface area contributed by atoms with Gasteiger partial charge in [-0.25, -0.2) is 9.13 Å². The monoisotopic (exact) mass is 1180 g/mol. The van der Waals surface area contributed by atoms with Crippen LogP contribution in [0.1, 0.15) is 298 Å². The predicted molar refractivity (Wildman–Crippen MR) is 317 cm³/mol. The van der Waals surface area contributed by atoms with Gasteiger partial charge in [0.1, 0.15) is 19.3 Å². The summed E-state index contributed by atoms with van der Waals surface area (Å²) in [5.74, 6) is -0.696. The lowest BCUT2D eigenvalue weighted by Crippen LogP contribution is -2.30. The number of carbonyl (C=O) groups is 4. The molecule has 474 valence electrons. The molecule has 17 nitrogen and oxygen atoms in total. The molecule has 0 radical (unpaired) electrons. The standard InChI is InChI=1S/C61H118O17P2/c1-7-9-11-13-14-15-22-25-32-38-44-59(64)72-50-57(77-60(65)45-39-33-26-23-20-18-16-17-19-21-24-30-35-41-53(3)4)52-76-80(69,70)74-48-55(62)47-73-79(67,68)75-51-56(49-71-58(63)43-37-29-12-10-8-2)78-61(66)46-40-34-28-27-31-36-42-54(5)6/h53-57,62H,7-52H2,1-6H3,(H,67,68)(H,69,70)/t55-,56+,57+/m0/s1. The minimum absolute atomic E-state index is 0.101. The van der Waals surface area contributed by atoms with Crippen LogP contribution < -0.4 is 0 Å². The highest BCUT2D eigenvalue weighted by Crippen LogP contribution is 2.45. The van der Waals surface area contributed by atoms with E-state index in [1.54, 1.807) is 0 Å². The fourth-order valence-electron chi connectivity index (χ4n) is 9.00. The molecule has 0 amide bonds. The van der Waals surface area contributed by atoms with E-state index in [0.29, 0.717) is 31.6 Å². The number of aliphatic hydroxyl groups is 1. The second kappa shape index (κ2) is 53.8. The SMILES string of the molecule is CCCCCCCCCCCCC(=O)OC[C@H](COP(=O)(O)OC[C@@H](O)COP(=O)(O)OC[C@@H](COC(=O)CCCCCCC)OC(=O)CCCCCCCCC(C)C)OC(=O)CCCCCCCCCCCCCCCC(C)C. The van der Waals surface area contributed by atoms with Gasteiger partial charge in [-0.3, -0.25) is 37.3 Å². The third kappa shape index (κ3) is 55.3.